The lowest BCUT2D eigenvalue weighted by Crippen LogP contribution is -2.18. The van der Waals surface area contributed by atoms with E-state index < -0.39 is 0 Å². The van der Waals surface area contributed by atoms with Crippen molar-refractivity contribution in [2.24, 2.45) is 4.99 Å². The standard InChI is InChI=1S/C23H22N2O/c1-4-10-19(11-5-1)16-26-17-22(20-12-6-2-7-13-20)25-23(18-24-23)21-14-8-3-9-15-21/h1-15,24H,16-18H2/b25-22-. The van der Waals surface area contributed by atoms with E-state index >= 15 is 0 Å². The van der Waals surface area contributed by atoms with Gasteiger partial charge in [-0.2, -0.15) is 0 Å². The summed E-state index contributed by atoms with van der Waals surface area (Å²) in [4.78, 5) is 5.07. The lowest BCUT2D eigenvalue weighted by Gasteiger charge is -2.14. The van der Waals surface area contributed by atoms with Gasteiger partial charge in [0.2, 0.25) is 0 Å². The van der Waals surface area contributed by atoms with Crippen LogP contribution in [0.1, 0.15) is 16.7 Å². The molecule has 130 valence electrons. The second-order valence-corrected chi connectivity index (χ2v) is 6.48. The van der Waals surface area contributed by atoms with Crippen molar-refractivity contribution in [2.75, 3.05) is 13.2 Å². The fourth-order valence-electron chi connectivity index (χ4n) is 3.03. The molecule has 0 aromatic heterocycles. The average Bonchev–Trinajstić information content (AvgIpc) is 3.50. The second kappa shape index (κ2) is 7.65. The number of hydrogen-bond donors (Lipinski definition) is 1. The first kappa shape index (κ1) is 16.7. The summed E-state index contributed by atoms with van der Waals surface area (Å²) in [5.41, 5.74) is 4.11. The molecule has 3 heteroatoms. The number of aliphatic imine (C=N–C) groups is 1. The normalized spacial score (nSPS) is 19.3. The van der Waals surface area contributed by atoms with Gasteiger partial charge in [0.05, 0.1) is 18.9 Å². The molecule has 3 aromatic carbocycles. The van der Waals surface area contributed by atoms with Crippen molar-refractivity contribution >= 4 is 5.71 Å². The molecule has 0 saturated carbocycles. The molecule has 1 unspecified atom stereocenters. The zero-order chi connectivity index (χ0) is 17.7. The van der Waals surface area contributed by atoms with Crippen LogP contribution >= 0.6 is 0 Å². The fraction of sp³-hybridized carbons (Fsp3) is 0.174. The van der Waals surface area contributed by atoms with E-state index in [1.165, 1.54) is 11.1 Å². The highest BCUT2D eigenvalue weighted by Crippen LogP contribution is 2.33. The monoisotopic (exact) mass is 342 g/mol. The number of rotatable bonds is 7. The van der Waals surface area contributed by atoms with Crippen LogP contribution in [-0.4, -0.2) is 18.9 Å². The van der Waals surface area contributed by atoms with Crippen molar-refractivity contribution in [1.82, 2.24) is 5.32 Å². The Labute approximate surface area is 154 Å². The first-order chi connectivity index (χ1) is 12.9. The Morgan fingerprint density at radius 3 is 2.04 bits per heavy atom. The highest BCUT2D eigenvalue weighted by atomic mass is 16.5. The predicted octanol–water partition coefficient (Wildman–Crippen LogP) is 4.15. The predicted molar refractivity (Wildman–Crippen MR) is 105 cm³/mol. The summed E-state index contributed by atoms with van der Waals surface area (Å²) in [5.74, 6) is 0. The lowest BCUT2D eigenvalue weighted by molar-refractivity contribution is 0.158. The van der Waals surface area contributed by atoms with E-state index in [4.69, 9.17) is 9.73 Å². The third-order valence-electron chi connectivity index (χ3n) is 4.55. The first-order valence-electron chi connectivity index (χ1n) is 8.92. The third-order valence-corrected chi connectivity index (χ3v) is 4.55. The van der Waals surface area contributed by atoms with Crippen LogP contribution in [0.15, 0.2) is 96.0 Å². The summed E-state index contributed by atoms with van der Waals surface area (Å²) in [6.07, 6.45) is 0. The largest absolute Gasteiger partial charge is 0.370 e. The van der Waals surface area contributed by atoms with Crippen LogP contribution in [0.3, 0.4) is 0 Å². The van der Waals surface area contributed by atoms with E-state index in [-0.39, 0.29) is 5.66 Å². The Kier molecular flexibility index (Phi) is 4.91. The Hall–Kier alpha value is -2.75. The van der Waals surface area contributed by atoms with Gasteiger partial charge in [-0.3, -0.25) is 10.3 Å². The van der Waals surface area contributed by atoms with Gasteiger partial charge in [0.25, 0.3) is 0 Å². The maximum Gasteiger partial charge on any atom is 0.149 e. The van der Waals surface area contributed by atoms with E-state index in [0.29, 0.717) is 13.2 Å². The molecule has 3 nitrogen and oxygen atoms in total. The van der Waals surface area contributed by atoms with Crippen LogP contribution in [0.25, 0.3) is 0 Å². The zero-order valence-electron chi connectivity index (χ0n) is 14.6. The number of ether oxygens (including phenoxy) is 1. The molecule has 1 N–H and O–H groups in total. The molecule has 1 fully saturated rings. The molecule has 0 aliphatic carbocycles. The minimum Gasteiger partial charge on any atom is -0.370 e. The number of hydrogen-bond acceptors (Lipinski definition) is 3. The maximum atomic E-state index is 5.99. The van der Waals surface area contributed by atoms with E-state index in [9.17, 15) is 0 Å². The minimum absolute atomic E-state index is 0.317. The molecule has 1 saturated heterocycles. The number of nitrogens with one attached hydrogen (secondary N) is 1. The van der Waals surface area contributed by atoms with Gasteiger partial charge in [-0.25, -0.2) is 0 Å². The molecule has 3 aromatic rings. The molecule has 0 radical (unpaired) electrons. The van der Waals surface area contributed by atoms with E-state index in [2.05, 4.69) is 53.8 Å². The quantitative estimate of drug-likeness (QED) is 0.518. The molecular weight excluding hydrogens is 320 g/mol. The second-order valence-electron chi connectivity index (χ2n) is 6.48. The summed E-state index contributed by atoms with van der Waals surface area (Å²) in [6, 6.07) is 30.9. The first-order valence-corrected chi connectivity index (χ1v) is 8.92. The minimum atomic E-state index is -0.317. The van der Waals surface area contributed by atoms with Gasteiger partial charge in [-0.05, 0) is 16.7 Å². The zero-order valence-corrected chi connectivity index (χ0v) is 14.6. The van der Waals surface area contributed by atoms with Crippen LogP contribution in [0.5, 0.6) is 0 Å². The van der Waals surface area contributed by atoms with Crippen molar-refractivity contribution < 1.29 is 4.74 Å². The molecule has 26 heavy (non-hydrogen) atoms. The van der Waals surface area contributed by atoms with Gasteiger partial charge in [-0.15, -0.1) is 0 Å². The van der Waals surface area contributed by atoms with Crippen LogP contribution in [0.4, 0.5) is 0 Å². The highest BCUT2D eigenvalue weighted by molar-refractivity contribution is 6.02. The Balaban J connectivity index is 1.56. The van der Waals surface area contributed by atoms with Gasteiger partial charge >= 0.3 is 0 Å². The van der Waals surface area contributed by atoms with Crippen LogP contribution in [-0.2, 0) is 17.0 Å². The summed E-state index contributed by atoms with van der Waals surface area (Å²) in [5, 5.41) is 3.43. The van der Waals surface area contributed by atoms with Crippen molar-refractivity contribution in [2.45, 2.75) is 12.3 Å². The topological polar surface area (TPSA) is 43.5 Å². The summed E-state index contributed by atoms with van der Waals surface area (Å²) in [6.45, 7) is 1.92. The Morgan fingerprint density at radius 1 is 0.846 bits per heavy atom. The molecule has 4 rings (SSSR count). The van der Waals surface area contributed by atoms with Gasteiger partial charge in [0.1, 0.15) is 5.66 Å². The van der Waals surface area contributed by atoms with Gasteiger partial charge in [0.15, 0.2) is 0 Å². The van der Waals surface area contributed by atoms with Gasteiger partial charge in [-0.1, -0.05) is 91.0 Å². The molecule has 1 heterocycles. The van der Waals surface area contributed by atoms with Gasteiger partial charge < -0.3 is 4.74 Å². The summed E-state index contributed by atoms with van der Waals surface area (Å²) in [7, 11) is 0. The van der Waals surface area contributed by atoms with Gasteiger partial charge in [0, 0.05) is 6.54 Å². The SMILES string of the molecule is c1ccc(COC/C(=N/C2(c3ccccc3)CN2)c2ccccc2)cc1. The molecule has 1 aliphatic heterocycles. The van der Waals surface area contributed by atoms with E-state index in [1.807, 2.05) is 42.5 Å². The Morgan fingerprint density at radius 2 is 1.42 bits per heavy atom. The fourth-order valence-corrected chi connectivity index (χ4v) is 3.03. The number of benzene rings is 3. The molecule has 0 bridgehead atoms. The summed E-state index contributed by atoms with van der Waals surface area (Å²) >= 11 is 0. The average molecular weight is 342 g/mol. The molecule has 0 amide bonds. The van der Waals surface area contributed by atoms with Crippen LogP contribution < -0.4 is 5.32 Å². The van der Waals surface area contributed by atoms with Crippen molar-refractivity contribution in [3.63, 3.8) is 0 Å². The molecule has 0 spiro atoms. The maximum absolute atomic E-state index is 5.99. The van der Waals surface area contributed by atoms with Crippen molar-refractivity contribution in [3.05, 3.63) is 108 Å². The molecular formula is C23H22N2O. The highest BCUT2D eigenvalue weighted by Gasteiger charge is 2.44. The van der Waals surface area contributed by atoms with Crippen molar-refractivity contribution in [1.29, 1.82) is 0 Å². The molecule has 1 atom stereocenters. The Bertz CT molecular complexity index is 856. The smallest absolute Gasteiger partial charge is 0.149 e. The molecule has 1 aliphatic rings. The van der Waals surface area contributed by atoms with Crippen molar-refractivity contribution in [3.8, 4) is 0 Å². The summed E-state index contributed by atoms with van der Waals surface area (Å²) < 4.78 is 5.99. The van der Waals surface area contributed by atoms with Crippen LogP contribution in [0.2, 0.25) is 0 Å². The van der Waals surface area contributed by atoms with E-state index in [0.717, 1.165) is 17.8 Å². The third kappa shape index (κ3) is 3.90. The van der Waals surface area contributed by atoms with Crippen LogP contribution in [0, 0.1) is 0 Å². The van der Waals surface area contributed by atoms with E-state index in [1.54, 1.807) is 0 Å². The lowest BCUT2D eigenvalue weighted by atomic mass is 10.1. The number of nitrogens with zero attached hydrogens (tertiary/aromatic N) is 1.